The maximum atomic E-state index is 13.7. The Kier molecular flexibility index (Phi) is 4.34. The summed E-state index contributed by atoms with van der Waals surface area (Å²) in [6, 6.07) is 4.01. The molecule has 1 amide bonds. The number of nitrogens with one attached hydrogen (secondary N) is 1. The number of nitrogens with zero attached hydrogens (tertiary/aromatic N) is 2. The molecule has 0 spiro atoms. The molecule has 1 aromatic carbocycles. The Hall–Kier alpha value is -2.37. The molecular weight excluding hydrogens is 259 g/mol. The summed E-state index contributed by atoms with van der Waals surface area (Å²) in [7, 11) is 0. The molecule has 0 bridgehead atoms. The van der Waals surface area contributed by atoms with Gasteiger partial charge in [0.25, 0.3) is 0 Å². The summed E-state index contributed by atoms with van der Waals surface area (Å²) in [5, 5.41) is 2.97. The molecule has 1 heterocycles. The lowest BCUT2D eigenvalue weighted by Crippen LogP contribution is -2.12. The van der Waals surface area contributed by atoms with Gasteiger partial charge in [-0.2, -0.15) is 0 Å². The molecular formula is C14H17FN4O. The molecule has 0 aliphatic heterocycles. The van der Waals surface area contributed by atoms with Gasteiger partial charge in [-0.15, -0.1) is 0 Å². The van der Waals surface area contributed by atoms with Crippen molar-refractivity contribution in [3.63, 3.8) is 0 Å². The molecule has 1 aromatic heterocycles. The second-order valence-electron chi connectivity index (χ2n) is 4.49. The second kappa shape index (κ2) is 6.18. The normalized spacial score (nSPS) is 10.5. The molecule has 0 unspecified atom stereocenters. The summed E-state index contributed by atoms with van der Waals surface area (Å²) in [5.74, 6) is -0.999. The predicted molar refractivity (Wildman–Crippen MR) is 74.8 cm³/mol. The minimum atomic E-state index is -0.580. The van der Waals surface area contributed by atoms with E-state index in [1.54, 1.807) is 12.5 Å². The van der Waals surface area contributed by atoms with Crippen LogP contribution >= 0.6 is 0 Å². The average molecular weight is 276 g/mol. The smallest absolute Gasteiger partial charge is 0.248 e. The zero-order valence-corrected chi connectivity index (χ0v) is 11.3. The molecule has 0 aliphatic rings. The summed E-state index contributed by atoms with van der Waals surface area (Å²) in [6.07, 6.45) is 4.48. The van der Waals surface area contributed by atoms with Crippen molar-refractivity contribution in [3.8, 4) is 0 Å². The number of aryl methyl sites for hydroxylation is 1. The highest BCUT2D eigenvalue weighted by Crippen LogP contribution is 2.17. The Balaban J connectivity index is 2.12. The van der Waals surface area contributed by atoms with Crippen LogP contribution in [0.5, 0.6) is 0 Å². The fraction of sp³-hybridized carbons (Fsp3) is 0.286. The van der Waals surface area contributed by atoms with E-state index in [0.29, 0.717) is 6.54 Å². The summed E-state index contributed by atoms with van der Waals surface area (Å²) >= 11 is 0. The fourth-order valence-electron chi connectivity index (χ4n) is 1.94. The van der Waals surface area contributed by atoms with Crippen LogP contribution in [-0.4, -0.2) is 15.5 Å². The van der Waals surface area contributed by atoms with Crippen LogP contribution in [0.3, 0.4) is 0 Å². The van der Waals surface area contributed by atoms with Crippen molar-refractivity contribution in [1.29, 1.82) is 0 Å². The Morgan fingerprint density at radius 2 is 2.30 bits per heavy atom. The molecule has 0 radical (unpaired) electrons. The highest BCUT2D eigenvalue weighted by molar-refractivity contribution is 5.93. The van der Waals surface area contributed by atoms with Gasteiger partial charge in [-0.25, -0.2) is 9.37 Å². The van der Waals surface area contributed by atoms with Crippen LogP contribution in [0.15, 0.2) is 30.7 Å². The van der Waals surface area contributed by atoms with Gasteiger partial charge in [0.05, 0.1) is 24.3 Å². The predicted octanol–water partition coefficient (Wildman–Crippen LogP) is 2.14. The van der Waals surface area contributed by atoms with Gasteiger partial charge in [0.1, 0.15) is 5.82 Å². The van der Waals surface area contributed by atoms with Crippen LogP contribution in [0.25, 0.3) is 0 Å². The van der Waals surface area contributed by atoms with E-state index in [-0.39, 0.29) is 11.3 Å². The van der Waals surface area contributed by atoms with Gasteiger partial charge in [0, 0.05) is 18.3 Å². The van der Waals surface area contributed by atoms with E-state index in [4.69, 9.17) is 5.73 Å². The third-order valence-corrected chi connectivity index (χ3v) is 2.97. The lowest BCUT2D eigenvalue weighted by Gasteiger charge is -2.10. The van der Waals surface area contributed by atoms with Crippen molar-refractivity contribution in [2.75, 3.05) is 5.32 Å². The molecule has 2 aromatic rings. The molecule has 2 rings (SSSR count). The number of nitrogens with two attached hydrogens (primary N) is 1. The fourth-order valence-corrected chi connectivity index (χ4v) is 1.94. The maximum absolute atomic E-state index is 13.7. The first-order chi connectivity index (χ1) is 9.61. The Morgan fingerprint density at radius 1 is 1.50 bits per heavy atom. The number of hydrogen-bond donors (Lipinski definition) is 2. The molecule has 0 saturated heterocycles. The first-order valence-electron chi connectivity index (χ1n) is 6.44. The maximum Gasteiger partial charge on any atom is 0.248 e. The number of rotatable bonds is 6. The monoisotopic (exact) mass is 276 g/mol. The number of halogens is 1. The van der Waals surface area contributed by atoms with Crippen LogP contribution in [0.4, 0.5) is 10.1 Å². The molecule has 20 heavy (non-hydrogen) atoms. The average Bonchev–Trinajstić information content (AvgIpc) is 2.85. The van der Waals surface area contributed by atoms with Crippen LogP contribution < -0.4 is 11.1 Å². The summed E-state index contributed by atoms with van der Waals surface area (Å²) in [5.41, 5.74) is 6.67. The first kappa shape index (κ1) is 14.0. The molecule has 6 heteroatoms. The number of hydrogen-bond acceptors (Lipinski definition) is 3. The lowest BCUT2D eigenvalue weighted by atomic mass is 10.2. The van der Waals surface area contributed by atoms with E-state index in [1.807, 2.05) is 4.57 Å². The van der Waals surface area contributed by atoms with Gasteiger partial charge in [0.2, 0.25) is 5.91 Å². The van der Waals surface area contributed by atoms with E-state index in [9.17, 15) is 9.18 Å². The van der Waals surface area contributed by atoms with Crippen LogP contribution in [0.1, 0.15) is 29.4 Å². The minimum Gasteiger partial charge on any atom is -0.377 e. The molecule has 5 nitrogen and oxygen atoms in total. The number of benzene rings is 1. The van der Waals surface area contributed by atoms with Gasteiger partial charge in [-0.1, -0.05) is 6.92 Å². The summed E-state index contributed by atoms with van der Waals surface area (Å²) < 4.78 is 15.7. The number of primary amides is 1. The highest BCUT2D eigenvalue weighted by atomic mass is 19.1. The van der Waals surface area contributed by atoms with Crippen molar-refractivity contribution in [3.05, 3.63) is 47.8 Å². The highest BCUT2D eigenvalue weighted by Gasteiger charge is 2.08. The van der Waals surface area contributed by atoms with Crippen molar-refractivity contribution < 1.29 is 9.18 Å². The van der Waals surface area contributed by atoms with Gasteiger partial charge < -0.3 is 15.6 Å². The molecule has 0 aliphatic carbocycles. The quantitative estimate of drug-likeness (QED) is 0.849. The van der Waals surface area contributed by atoms with Crippen LogP contribution in [-0.2, 0) is 13.1 Å². The van der Waals surface area contributed by atoms with E-state index in [0.717, 1.165) is 18.7 Å². The second-order valence-corrected chi connectivity index (χ2v) is 4.49. The Bertz CT molecular complexity index is 609. The minimum absolute atomic E-state index is 0.255. The Morgan fingerprint density at radius 3 is 3.00 bits per heavy atom. The van der Waals surface area contributed by atoms with E-state index >= 15 is 0 Å². The van der Waals surface area contributed by atoms with Gasteiger partial charge >= 0.3 is 0 Å². The molecule has 0 atom stereocenters. The van der Waals surface area contributed by atoms with Gasteiger partial charge in [-0.05, 0) is 24.6 Å². The van der Waals surface area contributed by atoms with Crippen LogP contribution in [0, 0.1) is 5.82 Å². The summed E-state index contributed by atoms with van der Waals surface area (Å²) in [4.78, 5) is 15.2. The number of carbonyl (C=O) groups is 1. The van der Waals surface area contributed by atoms with E-state index < -0.39 is 11.7 Å². The molecule has 0 fully saturated rings. The SMILES string of the molecule is CCCn1cncc1CNc1cc(C(N)=O)ccc1F. The number of imidazole rings is 1. The third-order valence-electron chi connectivity index (χ3n) is 2.97. The number of carbonyl (C=O) groups excluding carboxylic acids is 1. The van der Waals surface area contributed by atoms with Gasteiger partial charge in [0.15, 0.2) is 0 Å². The molecule has 106 valence electrons. The van der Waals surface area contributed by atoms with Crippen molar-refractivity contribution in [2.45, 2.75) is 26.4 Å². The van der Waals surface area contributed by atoms with Crippen molar-refractivity contribution in [1.82, 2.24) is 9.55 Å². The topological polar surface area (TPSA) is 72.9 Å². The van der Waals surface area contributed by atoms with E-state index in [2.05, 4.69) is 17.2 Å². The summed E-state index contributed by atoms with van der Waals surface area (Å²) in [6.45, 7) is 3.37. The standard InChI is InChI=1S/C14H17FN4O/c1-2-5-19-9-17-7-11(19)8-18-13-6-10(14(16)20)3-4-12(13)15/h3-4,6-7,9,18H,2,5,8H2,1H3,(H2,16,20). The molecule has 0 saturated carbocycles. The zero-order valence-electron chi connectivity index (χ0n) is 11.3. The Labute approximate surface area is 116 Å². The van der Waals surface area contributed by atoms with Crippen LogP contribution in [0.2, 0.25) is 0 Å². The number of anilines is 1. The largest absolute Gasteiger partial charge is 0.377 e. The van der Waals surface area contributed by atoms with Crippen molar-refractivity contribution >= 4 is 11.6 Å². The molecule has 3 N–H and O–H groups in total. The third kappa shape index (κ3) is 3.14. The number of aromatic nitrogens is 2. The lowest BCUT2D eigenvalue weighted by molar-refractivity contribution is 0.100. The van der Waals surface area contributed by atoms with Gasteiger partial charge in [-0.3, -0.25) is 4.79 Å². The van der Waals surface area contributed by atoms with Crippen molar-refractivity contribution in [2.24, 2.45) is 5.73 Å². The number of amides is 1. The first-order valence-corrected chi connectivity index (χ1v) is 6.44. The van der Waals surface area contributed by atoms with E-state index in [1.165, 1.54) is 18.2 Å². The zero-order chi connectivity index (χ0) is 14.5.